The van der Waals surface area contributed by atoms with Gasteiger partial charge >= 0.3 is 0 Å². The van der Waals surface area contributed by atoms with Crippen LogP contribution in [-0.4, -0.2) is 60.0 Å². The van der Waals surface area contributed by atoms with Crippen LogP contribution in [0.4, 0.5) is 5.69 Å². The molecule has 1 saturated heterocycles. The zero-order chi connectivity index (χ0) is 20.3. The molecule has 0 saturated carbocycles. The standard InChI is InChI=1S/C18H21ClN4O4S/c1-20-17(26)12-3-2-6-23(12)16(25)9-21-15(24)8-14-18(27)22-11-7-10(19)4-5-13(11)28-14/h4-5,7,12,14H,2-3,6,8-9H2,1H3,(H,20,26)(H,21,24)(H,22,27). The number of nitrogens with zero attached hydrogens (tertiary/aromatic N) is 1. The summed E-state index contributed by atoms with van der Waals surface area (Å²) in [5.74, 6) is -1.18. The molecule has 3 N–H and O–H groups in total. The second kappa shape index (κ2) is 8.83. The second-order valence-corrected chi connectivity index (χ2v) is 8.26. The van der Waals surface area contributed by atoms with Gasteiger partial charge in [-0.25, -0.2) is 0 Å². The third-order valence-electron chi connectivity index (χ3n) is 4.69. The maximum absolute atomic E-state index is 12.4. The molecule has 0 bridgehead atoms. The Hall–Kier alpha value is -2.26. The first-order chi connectivity index (χ1) is 13.4. The maximum atomic E-state index is 12.4. The summed E-state index contributed by atoms with van der Waals surface area (Å²) in [6, 6.07) is 4.69. The topological polar surface area (TPSA) is 108 Å². The monoisotopic (exact) mass is 424 g/mol. The van der Waals surface area contributed by atoms with Crippen molar-refractivity contribution in [2.24, 2.45) is 0 Å². The Balaban J connectivity index is 1.52. The van der Waals surface area contributed by atoms with E-state index >= 15 is 0 Å². The number of likely N-dealkylation sites (N-methyl/N-ethyl adjacent to an activating group) is 1. The number of likely N-dealkylation sites (tertiary alicyclic amines) is 1. The summed E-state index contributed by atoms with van der Waals surface area (Å²) >= 11 is 7.21. The van der Waals surface area contributed by atoms with Crippen LogP contribution in [-0.2, 0) is 19.2 Å². The van der Waals surface area contributed by atoms with Crippen molar-refractivity contribution < 1.29 is 19.2 Å². The van der Waals surface area contributed by atoms with Gasteiger partial charge in [-0.3, -0.25) is 19.2 Å². The number of benzene rings is 1. The average molecular weight is 425 g/mol. The van der Waals surface area contributed by atoms with E-state index in [1.54, 1.807) is 18.2 Å². The largest absolute Gasteiger partial charge is 0.357 e. The van der Waals surface area contributed by atoms with Crippen molar-refractivity contribution in [3.8, 4) is 0 Å². The summed E-state index contributed by atoms with van der Waals surface area (Å²) in [7, 11) is 1.53. The van der Waals surface area contributed by atoms with Crippen molar-refractivity contribution in [3.63, 3.8) is 0 Å². The molecule has 2 heterocycles. The number of carbonyl (C=O) groups is 4. The highest BCUT2D eigenvalue weighted by Gasteiger charge is 2.34. The Morgan fingerprint density at radius 1 is 1.36 bits per heavy atom. The van der Waals surface area contributed by atoms with E-state index in [9.17, 15) is 19.2 Å². The first-order valence-electron chi connectivity index (χ1n) is 8.94. The average Bonchev–Trinajstić information content (AvgIpc) is 3.16. The Morgan fingerprint density at radius 2 is 2.14 bits per heavy atom. The van der Waals surface area contributed by atoms with Crippen LogP contribution in [0.25, 0.3) is 0 Å². The van der Waals surface area contributed by atoms with Gasteiger partial charge in [0.15, 0.2) is 0 Å². The van der Waals surface area contributed by atoms with Gasteiger partial charge in [-0.1, -0.05) is 11.6 Å². The van der Waals surface area contributed by atoms with Crippen LogP contribution in [0.2, 0.25) is 5.02 Å². The number of rotatable bonds is 5. The summed E-state index contributed by atoms with van der Waals surface area (Å²) in [5.41, 5.74) is 0.628. The first kappa shape index (κ1) is 20.5. The fourth-order valence-electron chi connectivity index (χ4n) is 3.28. The van der Waals surface area contributed by atoms with Gasteiger partial charge in [0.1, 0.15) is 6.04 Å². The van der Waals surface area contributed by atoms with Crippen molar-refractivity contribution in [1.29, 1.82) is 0 Å². The lowest BCUT2D eigenvalue weighted by molar-refractivity contribution is -0.138. The molecule has 0 aliphatic carbocycles. The molecule has 0 spiro atoms. The van der Waals surface area contributed by atoms with Gasteiger partial charge in [0, 0.05) is 29.9 Å². The van der Waals surface area contributed by atoms with Crippen molar-refractivity contribution in [3.05, 3.63) is 23.2 Å². The highest BCUT2D eigenvalue weighted by molar-refractivity contribution is 8.01. The molecule has 2 aliphatic heterocycles. The van der Waals surface area contributed by atoms with Crippen LogP contribution in [0.1, 0.15) is 19.3 Å². The molecule has 4 amide bonds. The number of thioether (sulfide) groups is 1. The van der Waals surface area contributed by atoms with E-state index < -0.39 is 17.2 Å². The number of hydrogen-bond donors (Lipinski definition) is 3. The van der Waals surface area contributed by atoms with E-state index in [1.165, 1.54) is 23.7 Å². The third-order valence-corrected chi connectivity index (χ3v) is 6.20. The SMILES string of the molecule is CNC(=O)C1CCCN1C(=O)CNC(=O)CC1Sc2ccc(Cl)cc2NC1=O. The van der Waals surface area contributed by atoms with Gasteiger partial charge in [-0.2, -0.15) is 0 Å². The van der Waals surface area contributed by atoms with E-state index in [4.69, 9.17) is 11.6 Å². The number of nitrogens with one attached hydrogen (secondary N) is 3. The highest BCUT2D eigenvalue weighted by Crippen LogP contribution is 2.38. The molecular formula is C18H21ClN4O4S. The molecule has 2 atom stereocenters. The predicted octanol–water partition coefficient (Wildman–Crippen LogP) is 0.996. The lowest BCUT2D eigenvalue weighted by Crippen LogP contribution is -2.48. The quantitative estimate of drug-likeness (QED) is 0.653. The number of anilines is 1. The van der Waals surface area contributed by atoms with Crippen LogP contribution < -0.4 is 16.0 Å². The second-order valence-electron chi connectivity index (χ2n) is 6.58. The Labute approximate surface area is 171 Å². The lowest BCUT2D eigenvalue weighted by Gasteiger charge is -2.25. The number of amides is 4. The van der Waals surface area contributed by atoms with E-state index in [-0.39, 0.29) is 30.7 Å². The molecule has 1 fully saturated rings. The predicted molar refractivity (Wildman–Crippen MR) is 106 cm³/mol. The fourth-order valence-corrected chi connectivity index (χ4v) is 4.54. The first-order valence-corrected chi connectivity index (χ1v) is 10.2. The van der Waals surface area contributed by atoms with Crippen molar-refractivity contribution in [2.45, 2.75) is 35.4 Å². The van der Waals surface area contributed by atoms with Gasteiger partial charge in [0.05, 0.1) is 17.5 Å². The minimum absolute atomic E-state index is 0.0509. The molecule has 1 aromatic carbocycles. The van der Waals surface area contributed by atoms with Crippen LogP contribution in [0, 0.1) is 0 Å². The molecule has 150 valence electrons. The van der Waals surface area contributed by atoms with Crippen molar-refractivity contribution in [2.75, 3.05) is 25.5 Å². The van der Waals surface area contributed by atoms with E-state index in [1.807, 2.05) is 0 Å². The van der Waals surface area contributed by atoms with Gasteiger partial charge in [0.25, 0.3) is 0 Å². The number of carbonyl (C=O) groups excluding carboxylic acids is 4. The molecule has 0 aromatic heterocycles. The smallest absolute Gasteiger partial charge is 0.242 e. The normalized spacial score (nSPS) is 20.9. The van der Waals surface area contributed by atoms with E-state index in [0.29, 0.717) is 23.7 Å². The van der Waals surface area contributed by atoms with Crippen molar-refractivity contribution >= 4 is 52.7 Å². The maximum Gasteiger partial charge on any atom is 0.242 e. The van der Waals surface area contributed by atoms with E-state index in [2.05, 4.69) is 16.0 Å². The van der Waals surface area contributed by atoms with E-state index in [0.717, 1.165) is 11.3 Å². The molecule has 10 heteroatoms. The van der Waals surface area contributed by atoms with Gasteiger partial charge in [-0.15, -0.1) is 11.8 Å². The van der Waals surface area contributed by atoms with Crippen LogP contribution in [0.3, 0.4) is 0 Å². The Kier molecular flexibility index (Phi) is 6.46. The zero-order valence-electron chi connectivity index (χ0n) is 15.3. The molecule has 8 nitrogen and oxygen atoms in total. The van der Waals surface area contributed by atoms with Gasteiger partial charge < -0.3 is 20.9 Å². The molecule has 2 unspecified atom stereocenters. The van der Waals surface area contributed by atoms with Crippen LogP contribution in [0.15, 0.2) is 23.1 Å². The number of fused-ring (bicyclic) bond motifs is 1. The molecule has 0 radical (unpaired) electrons. The van der Waals surface area contributed by atoms with Gasteiger partial charge in [-0.05, 0) is 31.0 Å². The summed E-state index contributed by atoms with van der Waals surface area (Å²) in [6.45, 7) is 0.296. The number of hydrogen-bond acceptors (Lipinski definition) is 5. The summed E-state index contributed by atoms with van der Waals surface area (Å²) < 4.78 is 0. The van der Waals surface area contributed by atoms with Crippen LogP contribution in [0.5, 0.6) is 0 Å². The molecule has 28 heavy (non-hydrogen) atoms. The molecule has 3 rings (SSSR count). The molecular weight excluding hydrogens is 404 g/mol. The fraction of sp³-hybridized carbons (Fsp3) is 0.444. The highest BCUT2D eigenvalue weighted by atomic mass is 35.5. The lowest BCUT2D eigenvalue weighted by atomic mass is 10.2. The summed E-state index contributed by atoms with van der Waals surface area (Å²) in [6.07, 6.45) is 1.31. The van der Waals surface area contributed by atoms with Crippen LogP contribution >= 0.6 is 23.4 Å². The Morgan fingerprint density at radius 3 is 2.89 bits per heavy atom. The Bertz CT molecular complexity index is 819. The van der Waals surface area contributed by atoms with Crippen molar-refractivity contribution in [1.82, 2.24) is 15.5 Å². The summed E-state index contributed by atoms with van der Waals surface area (Å²) in [5, 5.41) is 7.79. The molecule has 1 aromatic rings. The minimum Gasteiger partial charge on any atom is -0.357 e. The minimum atomic E-state index is -0.589. The third kappa shape index (κ3) is 4.59. The number of halogens is 1. The van der Waals surface area contributed by atoms with Gasteiger partial charge in [0.2, 0.25) is 23.6 Å². The molecule has 2 aliphatic rings. The zero-order valence-corrected chi connectivity index (χ0v) is 16.9. The summed E-state index contributed by atoms with van der Waals surface area (Å²) in [4.78, 5) is 51.0.